The topological polar surface area (TPSA) is 75.3 Å². The summed E-state index contributed by atoms with van der Waals surface area (Å²) in [5.74, 6) is -0.770. The molecule has 0 saturated heterocycles. The summed E-state index contributed by atoms with van der Waals surface area (Å²) >= 11 is 5.84. The second-order valence-electron chi connectivity index (χ2n) is 6.42. The summed E-state index contributed by atoms with van der Waals surface area (Å²) in [7, 11) is -3.66. The van der Waals surface area contributed by atoms with Crippen molar-refractivity contribution in [2.24, 2.45) is 0 Å². The minimum absolute atomic E-state index is 0.0210. The number of anilines is 2. The van der Waals surface area contributed by atoms with Crippen LogP contribution in [0.1, 0.15) is 11.1 Å². The van der Waals surface area contributed by atoms with E-state index in [2.05, 4.69) is 10.6 Å². The number of nitrogens with one attached hydrogen (secondary N) is 2. The third-order valence-corrected chi connectivity index (χ3v) is 6.25. The van der Waals surface area contributed by atoms with Crippen LogP contribution in [0.2, 0.25) is 5.02 Å². The molecule has 0 aliphatic heterocycles. The van der Waals surface area contributed by atoms with Crippen molar-refractivity contribution >= 4 is 38.8 Å². The summed E-state index contributed by atoms with van der Waals surface area (Å²) in [6.07, 6.45) is 0. The predicted octanol–water partition coefficient (Wildman–Crippen LogP) is 5.41. The van der Waals surface area contributed by atoms with Crippen molar-refractivity contribution in [3.05, 3.63) is 88.7 Å². The number of urea groups is 1. The van der Waals surface area contributed by atoms with Crippen LogP contribution in [0.15, 0.2) is 71.6 Å². The Morgan fingerprint density at radius 2 is 1.69 bits per heavy atom. The predicted molar refractivity (Wildman–Crippen MR) is 113 cm³/mol. The summed E-state index contributed by atoms with van der Waals surface area (Å²) in [6, 6.07) is 16.2. The first-order chi connectivity index (χ1) is 13.7. The molecule has 3 aromatic rings. The number of hydrogen-bond acceptors (Lipinski definition) is 3. The lowest BCUT2D eigenvalue weighted by Gasteiger charge is -2.12. The molecule has 0 fully saturated rings. The average molecular weight is 433 g/mol. The maximum absolute atomic E-state index is 13.7. The van der Waals surface area contributed by atoms with Gasteiger partial charge in [0.15, 0.2) is 9.84 Å². The van der Waals surface area contributed by atoms with Crippen molar-refractivity contribution < 1.29 is 17.6 Å². The zero-order chi connectivity index (χ0) is 21.0. The van der Waals surface area contributed by atoms with E-state index in [1.54, 1.807) is 49.4 Å². The van der Waals surface area contributed by atoms with Gasteiger partial charge >= 0.3 is 6.03 Å². The van der Waals surface area contributed by atoms with Gasteiger partial charge in [0.2, 0.25) is 0 Å². The number of carbonyl (C=O) groups is 1. The molecule has 3 aromatic carbocycles. The van der Waals surface area contributed by atoms with Crippen LogP contribution < -0.4 is 10.6 Å². The molecule has 0 heterocycles. The number of sulfone groups is 1. The van der Waals surface area contributed by atoms with E-state index in [0.29, 0.717) is 16.1 Å². The summed E-state index contributed by atoms with van der Waals surface area (Å²) in [5.41, 5.74) is 1.45. The fourth-order valence-electron chi connectivity index (χ4n) is 2.74. The Morgan fingerprint density at radius 1 is 1.00 bits per heavy atom. The second-order valence-corrected chi connectivity index (χ2v) is 8.82. The van der Waals surface area contributed by atoms with Crippen LogP contribution in [0.25, 0.3) is 0 Å². The monoisotopic (exact) mass is 432 g/mol. The highest BCUT2D eigenvalue weighted by Gasteiger charge is 2.19. The van der Waals surface area contributed by atoms with Crippen molar-refractivity contribution in [2.45, 2.75) is 17.6 Å². The molecule has 0 atom stereocenters. The number of amides is 2. The molecule has 5 nitrogen and oxygen atoms in total. The third kappa shape index (κ3) is 5.34. The van der Waals surface area contributed by atoms with E-state index in [9.17, 15) is 17.6 Å². The van der Waals surface area contributed by atoms with Gasteiger partial charge in [-0.1, -0.05) is 41.9 Å². The van der Waals surface area contributed by atoms with Crippen molar-refractivity contribution in [3.8, 4) is 0 Å². The lowest BCUT2D eigenvalue weighted by molar-refractivity contribution is 0.262. The zero-order valence-corrected chi connectivity index (χ0v) is 17.0. The lowest BCUT2D eigenvalue weighted by atomic mass is 10.2. The maximum atomic E-state index is 13.7. The van der Waals surface area contributed by atoms with Gasteiger partial charge in [0.25, 0.3) is 0 Å². The molecular weight excluding hydrogens is 415 g/mol. The van der Waals surface area contributed by atoms with E-state index in [1.807, 2.05) is 0 Å². The number of rotatable bonds is 5. The molecule has 0 aromatic heterocycles. The fraction of sp³-hybridized carbons (Fsp3) is 0.0952. The maximum Gasteiger partial charge on any atom is 0.323 e. The zero-order valence-electron chi connectivity index (χ0n) is 15.4. The largest absolute Gasteiger partial charge is 0.323 e. The van der Waals surface area contributed by atoms with E-state index in [1.165, 1.54) is 24.3 Å². The summed E-state index contributed by atoms with van der Waals surface area (Å²) in [4.78, 5) is 12.3. The number of halogens is 2. The molecule has 0 bridgehead atoms. The summed E-state index contributed by atoms with van der Waals surface area (Å²) < 4.78 is 39.4. The Hall–Kier alpha value is -2.90. The Kier molecular flexibility index (Phi) is 6.20. The van der Waals surface area contributed by atoms with Crippen molar-refractivity contribution in [3.63, 3.8) is 0 Å². The molecule has 0 radical (unpaired) electrons. The minimum atomic E-state index is -3.66. The Morgan fingerprint density at radius 3 is 2.38 bits per heavy atom. The molecule has 29 heavy (non-hydrogen) atoms. The standard InChI is InChI=1S/C21H18ClFN2O3S/c1-14-6-11-17(24-21(26)25-19-5-3-2-4-18(19)23)12-20(14)29(27,28)13-15-7-9-16(22)10-8-15/h2-12H,13H2,1H3,(H2,24,25,26). The molecule has 0 spiro atoms. The molecule has 0 saturated carbocycles. The first-order valence-corrected chi connectivity index (χ1v) is 10.7. The molecule has 0 aliphatic carbocycles. The van der Waals surface area contributed by atoms with Crippen molar-refractivity contribution in [1.29, 1.82) is 0 Å². The van der Waals surface area contributed by atoms with Gasteiger partial charge in [-0.25, -0.2) is 17.6 Å². The number of para-hydroxylation sites is 1. The second kappa shape index (κ2) is 8.63. The van der Waals surface area contributed by atoms with Gasteiger partial charge in [-0.05, 0) is 54.4 Å². The lowest BCUT2D eigenvalue weighted by Crippen LogP contribution is -2.20. The molecule has 2 N–H and O–H groups in total. The van der Waals surface area contributed by atoms with Crippen LogP contribution in [-0.2, 0) is 15.6 Å². The van der Waals surface area contributed by atoms with Crippen LogP contribution in [0.4, 0.5) is 20.6 Å². The first kappa shape index (κ1) is 20.8. The average Bonchev–Trinajstić information content (AvgIpc) is 2.67. The highest BCUT2D eigenvalue weighted by atomic mass is 35.5. The van der Waals surface area contributed by atoms with Gasteiger partial charge < -0.3 is 10.6 Å². The van der Waals surface area contributed by atoms with Gasteiger partial charge in [0.1, 0.15) is 5.82 Å². The molecule has 8 heteroatoms. The fourth-order valence-corrected chi connectivity index (χ4v) is 4.52. The van der Waals surface area contributed by atoms with E-state index < -0.39 is 21.7 Å². The quantitative estimate of drug-likeness (QED) is 0.566. The van der Waals surface area contributed by atoms with Gasteiger partial charge in [0.05, 0.1) is 16.3 Å². The van der Waals surface area contributed by atoms with Crippen LogP contribution in [-0.4, -0.2) is 14.4 Å². The normalized spacial score (nSPS) is 11.1. The number of hydrogen-bond donors (Lipinski definition) is 2. The van der Waals surface area contributed by atoms with E-state index in [4.69, 9.17) is 11.6 Å². The van der Waals surface area contributed by atoms with Crippen LogP contribution in [0.3, 0.4) is 0 Å². The van der Waals surface area contributed by atoms with Gasteiger partial charge in [-0.2, -0.15) is 0 Å². The Balaban J connectivity index is 1.79. The van der Waals surface area contributed by atoms with E-state index in [-0.39, 0.29) is 22.0 Å². The van der Waals surface area contributed by atoms with Crippen LogP contribution >= 0.6 is 11.6 Å². The smallest absolute Gasteiger partial charge is 0.308 e. The highest BCUT2D eigenvalue weighted by Crippen LogP contribution is 2.25. The Bertz CT molecular complexity index is 1150. The third-order valence-electron chi connectivity index (χ3n) is 4.17. The van der Waals surface area contributed by atoms with Crippen molar-refractivity contribution in [2.75, 3.05) is 10.6 Å². The highest BCUT2D eigenvalue weighted by molar-refractivity contribution is 7.90. The number of benzene rings is 3. The van der Waals surface area contributed by atoms with E-state index in [0.717, 1.165) is 0 Å². The Labute approximate surface area is 173 Å². The van der Waals surface area contributed by atoms with Gasteiger partial charge in [-0.3, -0.25) is 0 Å². The molecule has 2 amide bonds. The van der Waals surface area contributed by atoms with Crippen LogP contribution in [0, 0.1) is 12.7 Å². The molecule has 3 rings (SSSR count). The summed E-state index contributed by atoms with van der Waals surface area (Å²) in [6.45, 7) is 1.68. The SMILES string of the molecule is Cc1ccc(NC(=O)Nc2ccccc2F)cc1S(=O)(=O)Cc1ccc(Cl)cc1. The van der Waals surface area contributed by atoms with Gasteiger partial charge in [-0.15, -0.1) is 0 Å². The minimum Gasteiger partial charge on any atom is -0.308 e. The summed E-state index contributed by atoms with van der Waals surface area (Å²) in [5, 5.41) is 5.44. The molecule has 150 valence electrons. The number of carbonyl (C=O) groups excluding carboxylic acids is 1. The molecular formula is C21H18ClFN2O3S. The van der Waals surface area contributed by atoms with Crippen LogP contribution in [0.5, 0.6) is 0 Å². The first-order valence-electron chi connectivity index (χ1n) is 8.65. The van der Waals surface area contributed by atoms with Gasteiger partial charge in [0, 0.05) is 10.7 Å². The molecule has 0 aliphatic rings. The van der Waals surface area contributed by atoms with Crippen molar-refractivity contribution in [1.82, 2.24) is 0 Å². The molecule has 0 unspecified atom stereocenters. The number of aryl methyl sites for hydroxylation is 1. The van der Waals surface area contributed by atoms with E-state index >= 15 is 0 Å².